The highest BCUT2D eigenvalue weighted by Crippen LogP contribution is 2.33. The summed E-state index contributed by atoms with van der Waals surface area (Å²) in [5.41, 5.74) is 2.41. The van der Waals surface area contributed by atoms with E-state index in [0.29, 0.717) is 10.5 Å². The molecule has 0 amide bonds. The van der Waals surface area contributed by atoms with Gasteiger partial charge in [0.15, 0.2) is 11.9 Å². The molecule has 3 rings (SSSR count). The Kier molecular flexibility index (Phi) is 1.72. The predicted octanol–water partition coefficient (Wildman–Crippen LogP) is 2.70. The molecular weight excluding hydrogens is 212 g/mol. The number of hydrogen-bond donors (Lipinski definition) is 1. The van der Waals surface area contributed by atoms with Gasteiger partial charge in [0.05, 0.1) is 4.88 Å². The van der Waals surface area contributed by atoms with Crippen molar-refractivity contribution in [1.29, 1.82) is 0 Å². The molecule has 0 atom stereocenters. The number of carbonyl (C=O) groups excluding carboxylic acids is 1. The molecule has 0 saturated heterocycles. The molecule has 3 aromatic heterocycles. The van der Waals surface area contributed by atoms with Crippen molar-refractivity contribution in [1.82, 2.24) is 10.1 Å². The van der Waals surface area contributed by atoms with Crippen LogP contribution in [-0.4, -0.2) is 16.4 Å². The van der Waals surface area contributed by atoms with Crippen LogP contribution in [0.1, 0.15) is 9.67 Å². The van der Waals surface area contributed by atoms with Gasteiger partial charge in [0.2, 0.25) is 0 Å². The number of carbonyl (C=O) groups is 1. The van der Waals surface area contributed by atoms with Gasteiger partial charge in [-0.1, -0.05) is 5.16 Å². The molecule has 0 saturated carbocycles. The summed E-state index contributed by atoms with van der Waals surface area (Å²) in [6, 6.07) is 3.62. The number of nitrogens with zero attached hydrogens (tertiary/aromatic N) is 1. The SMILES string of the molecule is O=Cc1cc2onc(-c3cc[nH]c3)c2s1. The van der Waals surface area contributed by atoms with Crippen LogP contribution in [0.2, 0.25) is 0 Å². The van der Waals surface area contributed by atoms with Crippen molar-refractivity contribution < 1.29 is 9.32 Å². The van der Waals surface area contributed by atoms with E-state index >= 15 is 0 Å². The third kappa shape index (κ3) is 1.20. The van der Waals surface area contributed by atoms with Gasteiger partial charge >= 0.3 is 0 Å². The van der Waals surface area contributed by atoms with E-state index in [1.807, 2.05) is 18.5 Å². The Morgan fingerprint density at radius 3 is 3.20 bits per heavy atom. The number of aromatic amines is 1. The summed E-state index contributed by atoms with van der Waals surface area (Å²) in [6.45, 7) is 0. The van der Waals surface area contributed by atoms with Crippen molar-refractivity contribution >= 4 is 27.9 Å². The van der Waals surface area contributed by atoms with Crippen molar-refractivity contribution in [2.75, 3.05) is 0 Å². The summed E-state index contributed by atoms with van der Waals surface area (Å²) in [5, 5.41) is 3.97. The molecule has 0 bridgehead atoms. The molecule has 5 heteroatoms. The number of hydrogen-bond acceptors (Lipinski definition) is 4. The van der Waals surface area contributed by atoms with E-state index in [4.69, 9.17) is 4.52 Å². The first-order valence-corrected chi connectivity index (χ1v) is 5.17. The van der Waals surface area contributed by atoms with Crippen LogP contribution in [-0.2, 0) is 0 Å². The molecule has 1 N–H and O–H groups in total. The molecule has 0 spiro atoms. The minimum atomic E-state index is 0.655. The fraction of sp³-hybridized carbons (Fsp3) is 0. The van der Waals surface area contributed by atoms with Gasteiger partial charge in [-0.05, 0) is 6.07 Å². The van der Waals surface area contributed by atoms with Crippen molar-refractivity contribution in [2.45, 2.75) is 0 Å². The first-order chi connectivity index (χ1) is 7.38. The van der Waals surface area contributed by atoms with Crippen molar-refractivity contribution in [3.8, 4) is 11.3 Å². The van der Waals surface area contributed by atoms with Gasteiger partial charge in [-0.15, -0.1) is 11.3 Å². The number of rotatable bonds is 2. The van der Waals surface area contributed by atoms with Crippen LogP contribution in [0.4, 0.5) is 0 Å². The number of thiophene rings is 1. The molecule has 0 aliphatic heterocycles. The Morgan fingerprint density at radius 2 is 2.47 bits per heavy atom. The average molecular weight is 218 g/mol. The molecule has 15 heavy (non-hydrogen) atoms. The molecule has 4 nitrogen and oxygen atoms in total. The van der Waals surface area contributed by atoms with Crippen LogP contribution >= 0.6 is 11.3 Å². The van der Waals surface area contributed by atoms with E-state index in [0.717, 1.165) is 22.2 Å². The quantitative estimate of drug-likeness (QED) is 0.673. The molecule has 0 fully saturated rings. The number of fused-ring (bicyclic) bond motifs is 1. The van der Waals surface area contributed by atoms with Crippen molar-refractivity contribution in [3.63, 3.8) is 0 Å². The summed E-state index contributed by atoms with van der Waals surface area (Å²) in [7, 11) is 0. The molecule has 0 aromatic carbocycles. The summed E-state index contributed by atoms with van der Waals surface area (Å²) < 4.78 is 6.06. The maximum atomic E-state index is 10.6. The summed E-state index contributed by atoms with van der Waals surface area (Å²) >= 11 is 1.39. The lowest BCUT2D eigenvalue weighted by Gasteiger charge is -1.85. The van der Waals surface area contributed by atoms with Gasteiger partial charge in [0.25, 0.3) is 0 Å². The van der Waals surface area contributed by atoms with E-state index in [-0.39, 0.29) is 0 Å². The lowest BCUT2D eigenvalue weighted by Crippen LogP contribution is -1.71. The minimum Gasteiger partial charge on any atom is -0.367 e. The zero-order valence-corrected chi connectivity index (χ0v) is 8.38. The third-order valence-electron chi connectivity index (χ3n) is 2.15. The second-order valence-corrected chi connectivity index (χ2v) is 4.17. The van der Waals surface area contributed by atoms with Gasteiger partial charge < -0.3 is 9.51 Å². The van der Waals surface area contributed by atoms with E-state index in [9.17, 15) is 4.79 Å². The maximum absolute atomic E-state index is 10.6. The Balaban J connectivity index is 2.27. The zero-order chi connectivity index (χ0) is 10.3. The molecular formula is C10H6N2O2S. The normalized spacial score (nSPS) is 10.9. The third-order valence-corrected chi connectivity index (χ3v) is 3.20. The van der Waals surface area contributed by atoms with E-state index in [1.54, 1.807) is 6.07 Å². The first-order valence-electron chi connectivity index (χ1n) is 4.36. The van der Waals surface area contributed by atoms with Gasteiger partial charge in [-0.2, -0.15) is 0 Å². The minimum absolute atomic E-state index is 0.655. The Hall–Kier alpha value is -1.88. The fourth-order valence-corrected chi connectivity index (χ4v) is 2.37. The molecule has 0 radical (unpaired) electrons. The van der Waals surface area contributed by atoms with Crippen molar-refractivity contribution in [2.24, 2.45) is 0 Å². The maximum Gasteiger partial charge on any atom is 0.179 e. The van der Waals surface area contributed by atoms with Crippen LogP contribution in [0, 0.1) is 0 Å². The van der Waals surface area contributed by atoms with Crippen LogP contribution in [0.3, 0.4) is 0 Å². The Morgan fingerprint density at radius 1 is 1.53 bits per heavy atom. The van der Waals surface area contributed by atoms with E-state index < -0.39 is 0 Å². The fourth-order valence-electron chi connectivity index (χ4n) is 1.47. The lowest BCUT2D eigenvalue weighted by atomic mass is 10.2. The molecule has 3 aromatic rings. The first kappa shape index (κ1) is 8.43. The lowest BCUT2D eigenvalue weighted by molar-refractivity contribution is 0.112. The van der Waals surface area contributed by atoms with E-state index in [2.05, 4.69) is 10.1 Å². The second kappa shape index (κ2) is 3.06. The largest absolute Gasteiger partial charge is 0.367 e. The smallest absolute Gasteiger partial charge is 0.179 e. The van der Waals surface area contributed by atoms with Crippen molar-refractivity contribution in [3.05, 3.63) is 29.4 Å². The van der Waals surface area contributed by atoms with Crippen LogP contribution < -0.4 is 0 Å². The molecule has 0 unspecified atom stereocenters. The molecule has 3 heterocycles. The van der Waals surface area contributed by atoms with Gasteiger partial charge in [-0.25, -0.2) is 0 Å². The highest BCUT2D eigenvalue weighted by molar-refractivity contribution is 7.21. The summed E-state index contributed by atoms with van der Waals surface area (Å²) in [6.07, 6.45) is 4.49. The predicted molar refractivity (Wildman–Crippen MR) is 57.1 cm³/mol. The average Bonchev–Trinajstić information content (AvgIpc) is 2.92. The van der Waals surface area contributed by atoms with Crippen LogP contribution in [0.25, 0.3) is 21.5 Å². The molecule has 0 aliphatic rings. The number of H-pyrrole nitrogens is 1. The summed E-state index contributed by atoms with van der Waals surface area (Å²) in [4.78, 5) is 14.2. The van der Waals surface area contributed by atoms with Gasteiger partial charge in [0, 0.05) is 24.0 Å². The standard InChI is InChI=1S/C10H6N2O2S/c13-5-7-3-8-10(15-7)9(12-14-8)6-1-2-11-4-6/h1-5,11H. The van der Waals surface area contributed by atoms with Gasteiger partial charge in [0.1, 0.15) is 10.4 Å². The summed E-state index contributed by atoms with van der Waals surface area (Å²) in [5.74, 6) is 0. The van der Waals surface area contributed by atoms with Crippen LogP contribution in [0.15, 0.2) is 29.0 Å². The number of nitrogens with one attached hydrogen (secondary N) is 1. The number of aldehydes is 1. The van der Waals surface area contributed by atoms with Crippen LogP contribution in [0.5, 0.6) is 0 Å². The Bertz CT molecular complexity index is 606. The highest BCUT2D eigenvalue weighted by atomic mass is 32.1. The van der Waals surface area contributed by atoms with E-state index in [1.165, 1.54) is 11.3 Å². The topological polar surface area (TPSA) is 58.9 Å². The highest BCUT2D eigenvalue weighted by Gasteiger charge is 2.14. The monoisotopic (exact) mass is 218 g/mol. The second-order valence-electron chi connectivity index (χ2n) is 3.09. The van der Waals surface area contributed by atoms with Gasteiger partial charge in [-0.3, -0.25) is 4.79 Å². The molecule has 0 aliphatic carbocycles. The Labute approximate surface area is 88.5 Å². The zero-order valence-electron chi connectivity index (χ0n) is 7.56. The number of aromatic nitrogens is 2. The molecule has 74 valence electrons.